The summed E-state index contributed by atoms with van der Waals surface area (Å²) in [5, 5.41) is 0. The molecule has 0 radical (unpaired) electrons. The topological polar surface area (TPSA) is 70.5 Å². The molecule has 4 rings (SSSR count). The number of anilines is 2. The Balaban J connectivity index is 1.49. The summed E-state index contributed by atoms with van der Waals surface area (Å²) in [6.45, 7) is 11.1. The average molecular weight is 523 g/mol. The molecule has 4 nitrogen and oxygen atoms in total. The zero-order chi connectivity index (χ0) is 27.9. The molecular weight excluding hydrogens is 480 g/mol. The molecule has 0 aliphatic rings. The van der Waals surface area contributed by atoms with Gasteiger partial charge in [-0.3, -0.25) is 0 Å². The fourth-order valence-electron chi connectivity index (χ4n) is 4.94. The lowest BCUT2D eigenvalue weighted by molar-refractivity contribution is 0.472. The minimum atomic E-state index is 0.355. The maximum atomic E-state index is 6.24. The highest BCUT2D eigenvalue weighted by molar-refractivity contribution is 5.47. The van der Waals surface area contributed by atoms with E-state index in [1.54, 1.807) is 0 Å². The predicted octanol–water partition coefficient (Wildman–Crippen LogP) is 9.81. The number of benzene rings is 4. The Kier molecular flexibility index (Phi) is 9.19. The highest BCUT2D eigenvalue weighted by Gasteiger charge is 2.17. The maximum Gasteiger partial charge on any atom is 0.130 e. The zero-order valence-electron chi connectivity index (χ0n) is 23.9. The molecule has 4 heteroatoms. The number of hydrogen-bond acceptors (Lipinski definition) is 4. The number of hydrogen-bond donors (Lipinski definition) is 2. The van der Waals surface area contributed by atoms with Gasteiger partial charge in [-0.1, -0.05) is 58.9 Å². The molecule has 0 fully saturated rings. The Morgan fingerprint density at radius 3 is 1.59 bits per heavy atom. The number of aryl methyl sites for hydroxylation is 1. The van der Waals surface area contributed by atoms with Gasteiger partial charge in [0.15, 0.2) is 0 Å². The minimum Gasteiger partial charge on any atom is -0.457 e. The molecule has 0 aliphatic carbocycles. The molecule has 0 aliphatic heterocycles. The van der Waals surface area contributed by atoms with Crippen molar-refractivity contribution in [2.45, 2.75) is 71.6 Å². The molecule has 4 N–H and O–H groups in total. The predicted molar refractivity (Wildman–Crippen MR) is 164 cm³/mol. The molecule has 0 saturated heterocycles. The van der Waals surface area contributed by atoms with E-state index >= 15 is 0 Å². The Bertz CT molecular complexity index is 1360. The first-order valence-corrected chi connectivity index (χ1v) is 14.1. The average Bonchev–Trinajstić information content (AvgIpc) is 2.92. The van der Waals surface area contributed by atoms with Crippen molar-refractivity contribution in [3.63, 3.8) is 0 Å². The van der Waals surface area contributed by atoms with E-state index in [0.717, 1.165) is 53.6 Å². The molecule has 4 aromatic carbocycles. The SMILES string of the molecule is CCC(CCc1ccc(Oc2ccc(N)cc2)c(C(C)C)c1)c1ccc(Oc2ccc(N)cc2)c(C(C)C)c1. The first kappa shape index (κ1) is 28.1. The highest BCUT2D eigenvalue weighted by Crippen LogP contribution is 2.37. The van der Waals surface area contributed by atoms with Crippen molar-refractivity contribution >= 4 is 11.4 Å². The molecule has 39 heavy (non-hydrogen) atoms. The van der Waals surface area contributed by atoms with Crippen molar-refractivity contribution in [3.8, 4) is 23.0 Å². The molecule has 204 valence electrons. The summed E-state index contributed by atoms with van der Waals surface area (Å²) in [6.07, 6.45) is 3.19. The van der Waals surface area contributed by atoms with Crippen LogP contribution in [0.25, 0.3) is 0 Å². The van der Waals surface area contributed by atoms with Gasteiger partial charge in [0, 0.05) is 11.4 Å². The second-order valence-electron chi connectivity index (χ2n) is 11.0. The Hall–Kier alpha value is -3.92. The first-order valence-electron chi connectivity index (χ1n) is 14.1. The lowest BCUT2D eigenvalue weighted by Crippen LogP contribution is -2.03. The number of nitrogen functional groups attached to an aromatic ring is 2. The standard InChI is InChI=1S/C35H42N2O2/c1-6-26(27-10-20-35(33(22-27)24(4)5)39-31-17-13-29(37)14-18-31)9-7-25-8-19-34(32(21-25)23(2)3)38-30-15-11-28(36)12-16-30/h8,10-24,26H,6-7,9,36-37H2,1-5H3. The van der Waals surface area contributed by atoms with Gasteiger partial charge in [-0.15, -0.1) is 0 Å². The first-order chi connectivity index (χ1) is 18.7. The molecule has 0 heterocycles. The molecule has 1 unspecified atom stereocenters. The van der Waals surface area contributed by atoms with Crippen LogP contribution in [0.2, 0.25) is 0 Å². The number of nitrogens with two attached hydrogens (primary N) is 2. The summed E-state index contributed by atoms with van der Waals surface area (Å²) in [5.41, 5.74) is 18.3. The fourth-order valence-corrected chi connectivity index (χ4v) is 4.94. The van der Waals surface area contributed by atoms with Crippen LogP contribution in [0.1, 0.15) is 87.5 Å². The van der Waals surface area contributed by atoms with Crippen molar-refractivity contribution < 1.29 is 9.47 Å². The second-order valence-corrected chi connectivity index (χ2v) is 11.0. The van der Waals surface area contributed by atoms with Crippen LogP contribution >= 0.6 is 0 Å². The van der Waals surface area contributed by atoms with Crippen molar-refractivity contribution in [1.82, 2.24) is 0 Å². The van der Waals surface area contributed by atoms with Crippen LogP contribution in [0, 0.1) is 0 Å². The Morgan fingerprint density at radius 2 is 1.10 bits per heavy atom. The van der Waals surface area contributed by atoms with E-state index in [1.165, 1.54) is 22.3 Å². The van der Waals surface area contributed by atoms with E-state index < -0.39 is 0 Å². The van der Waals surface area contributed by atoms with Gasteiger partial charge in [-0.25, -0.2) is 0 Å². The van der Waals surface area contributed by atoms with E-state index in [9.17, 15) is 0 Å². The molecular formula is C35H42N2O2. The quantitative estimate of drug-likeness (QED) is 0.192. The Morgan fingerprint density at radius 1 is 0.615 bits per heavy atom. The van der Waals surface area contributed by atoms with Gasteiger partial charge in [0.25, 0.3) is 0 Å². The molecule has 0 bridgehead atoms. The lowest BCUT2D eigenvalue weighted by Gasteiger charge is -2.21. The van der Waals surface area contributed by atoms with Crippen LogP contribution < -0.4 is 20.9 Å². The van der Waals surface area contributed by atoms with Crippen LogP contribution in [0.3, 0.4) is 0 Å². The molecule has 1 atom stereocenters. The van der Waals surface area contributed by atoms with E-state index in [2.05, 4.69) is 71.0 Å². The van der Waals surface area contributed by atoms with Crippen LogP contribution in [-0.2, 0) is 6.42 Å². The van der Waals surface area contributed by atoms with Gasteiger partial charge < -0.3 is 20.9 Å². The molecule has 0 amide bonds. The summed E-state index contributed by atoms with van der Waals surface area (Å²) in [5.74, 6) is 4.61. The third-order valence-corrected chi connectivity index (χ3v) is 7.31. The van der Waals surface area contributed by atoms with Gasteiger partial charge in [0.2, 0.25) is 0 Å². The lowest BCUT2D eigenvalue weighted by atomic mass is 9.87. The molecule has 0 saturated carbocycles. The molecule has 4 aromatic rings. The monoisotopic (exact) mass is 522 g/mol. The smallest absolute Gasteiger partial charge is 0.130 e. The van der Waals surface area contributed by atoms with Gasteiger partial charge in [0.05, 0.1) is 0 Å². The van der Waals surface area contributed by atoms with E-state index in [0.29, 0.717) is 17.8 Å². The van der Waals surface area contributed by atoms with Crippen molar-refractivity contribution in [2.75, 3.05) is 11.5 Å². The molecule has 0 aromatic heterocycles. The summed E-state index contributed by atoms with van der Waals surface area (Å²) in [7, 11) is 0. The zero-order valence-corrected chi connectivity index (χ0v) is 23.9. The third-order valence-electron chi connectivity index (χ3n) is 7.31. The second kappa shape index (κ2) is 12.8. The highest BCUT2D eigenvalue weighted by atomic mass is 16.5. The number of ether oxygens (including phenoxy) is 2. The summed E-state index contributed by atoms with van der Waals surface area (Å²) in [6, 6.07) is 28.5. The van der Waals surface area contributed by atoms with Crippen LogP contribution in [0.4, 0.5) is 11.4 Å². The largest absolute Gasteiger partial charge is 0.457 e. The normalized spacial score (nSPS) is 12.1. The van der Waals surface area contributed by atoms with Gasteiger partial charge >= 0.3 is 0 Å². The van der Waals surface area contributed by atoms with Gasteiger partial charge in [-0.2, -0.15) is 0 Å². The summed E-state index contributed by atoms with van der Waals surface area (Å²) in [4.78, 5) is 0. The minimum absolute atomic E-state index is 0.355. The summed E-state index contributed by atoms with van der Waals surface area (Å²) < 4.78 is 12.5. The molecule has 0 spiro atoms. The van der Waals surface area contributed by atoms with E-state index in [1.807, 2.05) is 48.5 Å². The van der Waals surface area contributed by atoms with E-state index in [4.69, 9.17) is 20.9 Å². The van der Waals surface area contributed by atoms with E-state index in [-0.39, 0.29) is 0 Å². The van der Waals surface area contributed by atoms with Crippen LogP contribution in [0.5, 0.6) is 23.0 Å². The third kappa shape index (κ3) is 7.35. The van der Waals surface area contributed by atoms with Crippen LogP contribution in [0.15, 0.2) is 84.9 Å². The van der Waals surface area contributed by atoms with Crippen molar-refractivity contribution in [1.29, 1.82) is 0 Å². The van der Waals surface area contributed by atoms with Crippen molar-refractivity contribution in [3.05, 3.63) is 107 Å². The van der Waals surface area contributed by atoms with Crippen LogP contribution in [-0.4, -0.2) is 0 Å². The van der Waals surface area contributed by atoms with Gasteiger partial charge in [0.1, 0.15) is 23.0 Å². The van der Waals surface area contributed by atoms with Gasteiger partial charge in [-0.05, 0) is 120 Å². The Labute approximate surface area is 234 Å². The fraction of sp³-hybridized carbons (Fsp3) is 0.314. The summed E-state index contributed by atoms with van der Waals surface area (Å²) >= 11 is 0. The maximum absolute atomic E-state index is 6.24. The number of rotatable bonds is 11. The van der Waals surface area contributed by atoms with Crippen molar-refractivity contribution in [2.24, 2.45) is 0 Å².